The fraction of sp³-hybridized carbons (Fsp3) is 0.241. The van der Waals surface area contributed by atoms with Gasteiger partial charge in [-0.3, -0.25) is 9.59 Å². The molecule has 3 aromatic carbocycles. The summed E-state index contributed by atoms with van der Waals surface area (Å²) in [5.74, 6) is -1.49. The van der Waals surface area contributed by atoms with Crippen molar-refractivity contribution < 1.29 is 34.0 Å². The molecule has 0 bridgehead atoms. The molecule has 2 heterocycles. The van der Waals surface area contributed by atoms with Gasteiger partial charge in [0, 0.05) is 48.7 Å². The van der Waals surface area contributed by atoms with Gasteiger partial charge >= 0.3 is 0 Å². The average Bonchev–Trinajstić information content (AvgIpc) is 2.92. The highest BCUT2D eigenvalue weighted by Gasteiger charge is 2.30. The van der Waals surface area contributed by atoms with Gasteiger partial charge in [-0.1, -0.05) is 36.4 Å². The van der Waals surface area contributed by atoms with Crippen LogP contribution in [-0.2, 0) is 9.53 Å². The Hall–Kier alpha value is -4.50. The van der Waals surface area contributed by atoms with Gasteiger partial charge in [0.25, 0.3) is 0 Å². The van der Waals surface area contributed by atoms with Crippen molar-refractivity contribution in [3.63, 3.8) is 0 Å². The molecule has 196 valence electrons. The first-order valence-electron chi connectivity index (χ1n) is 12.2. The Morgan fingerprint density at radius 2 is 1.71 bits per heavy atom. The van der Waals surface area contributed by atoms with Crippen LogP contribution in [-0.4, -0.2) is 59.5 Å². The lowest BCUT2D eigenvalue weighted by Crippen LogP contribution is -2.41. The average molecular weight is 518 g/mol. The maximum atomic E-state index is 13.4. The molecule has 38 heavy (non-hydrogen) atoms. The van der Waals surface area contributed by atoms with Crippen LogP contribution in [0.25, 0.3) is 22.3 Å². The monoisotopic (exact) mass is 517 g/mol. The molecule has 9 nitrogen and oxygen atoms in total. The zero-order chi connectivity index (χ0) is 26.8. The summed E-state index contributed by atoms with van der Waals surface area (Å²) in [4.78, 5) is 28.2. The summed E-state index contributed by atoms with van der Waals surface area (Å²) in [6.45, 7) is 1.69. The van der Waals surface area contributed by atoms with Gasteiger partial charge in [0.15, 0.2) is 16.9 Å². The van der Waals surface area contributed by atoms with E-state index >= 15 is 0 Å². The summed E-state index contributed by atoms with van der Waals surface area (Å²) in [5, 5.41) is 32.1. The highest BCUT2D eigenvalue weighted by Crippen LogP contribution is 2.44. The lowest BCUT2D eigenvalue weighted by Gasteiger charge is -2.29. The molecule has 1 aliphatic rings. The number of methoxy groups -OCH3 is 1. The van der Waals surface area contributed by atoms with Gasteiger partial charge in [-0.25, -0.2) is 0 Å². The maximum Gasteiger partial charge on any atom is 0.223 e. The first-order valence-corrected chi connectivity index (χ1v) is 12.2. The van der Waals surface area contributed by atoms with Gasteiger partial charge in [0.1, 0.15) is 28.2 Å². The molecule has 1 amide bonds. The second-order valence-corrected chi connectivity index (χ2v) is 9.05. The number of phenols is 3. The Morgan fingerprint density at radius 3 is 2.39 bits per heavy atom. The molecule has 1 aromatic heterocycles. The molecule has 9 heteroatoms. The summed E-state index contributed by atoms with van der Waals surface area (Å²) in [6, 6.07) is 16.0. The van der Waals surface area contributed by atoms with Crippen LogP contribution in [0.2, 0.25) is 0 Å². The largest absolute Gasteiger partial charge is 0.507 e. The van der Waals surface area contributed by atoms with Crippen molar-refractivity contribution >= 4 is 16.9 Å². The molecular weight excluding hydrogens is 490 g/mol. The number of rotatable bonds is 6. The Kier molecular flexibility index (Phi) is 6.93. The topological polar surface area (TPSA) is 130 Å². The van der Waals surface area contributed by atoms with Crippen molar-refractivity contribution in [3.05, 3.63) is 82.0 Å². The maximum absolute atomic E-state index is 13.4. The Balaban J connectivity index is 1.73. The van der Waals surface area contributed by atoms with Crippen molar-refractivity contribution in [2.75, 3.05) is 33.4 Å². The van der Waals surface area contributed by atoms with Crippen LogP contribution in [0.1, 0.15) is 23.5 Å². The predicted molar refractivity (Wildman–Crippen MR) is 140 cm³/mol. The van der Waals surface area contributed by atoms with E-state index in [1.807, 2.05) is 6.07 Å². The van der Waals surface area contributed by atoms with Gasteiger partial charge in [-0.15, -0.1) is 0 Å². The number of carbonyl (C=O) groups is 1. The van der Waals surface area contributed by atoms with E-state index in [0.29, 0.717) is 37.4 Å². The minimum Gasteiger partial charge on any atom is -0.507 e. The third-order valence-electron chi connectivity index (χ3n) is 6.75. The molecule has 5 rings (SSSR count). The molecule has 4 aromatic rings. The normalized spacial score (nSPS) is 14.4. The molecule has 0 unspecified atom stereocenters. The van der Waals surface area contributed by atoms with Gasteiger partial charge in [0.05, 0.1) is 20.3 Å². The van der Waals surface area contributed by atoms with Crippen LogP contribution < -0.4 is 10.2 Å². The fourth-order valence-electron chi connectivity index (χ4n) is 4.83. The van der Waals surface area contributed by atoms with Gasteiger partial charge < -0.3 is 34.1 Å². The number of aromatic hydroxyl groups is 3. The summed E-state index contributed by atoms with van der Waals surface area (Å²) in [5.41, 5.74) is 0.728. The highest BCUT2D eigenvalue weighted by molar-refractivity contribution is 5.91. The van der Waals surface area contributed by atoms with Crippen LogP contribution in [0.5, 0.6) is 23.0 Å². The number of hydrogen-bond acceptors (Lipinski definition) is 8. The van der Waals surface area contributed by atoms with E-state index in [9.17, 15) is 24.9 Å². The third-order valence-corrected chi connectivity index (χ3v) is 6.75. The van der Waals surface area contributed by atoms with Crippen molar-refractivity contribution in [1.29, 1.82) is 0 Å². The third kappa shape index (κ3) is 4.76. The van der Waals surface area contributed by atoms with Crippen molar-refractivity contribution in [2.45, 2.75) is 12.3 Å². The Bertz CT molecular complexity index is 1540. The zero-order valence-electron chi connectivity index (χ0n) is 20.7. The first kappa shape index (κ1) is 25.2. The van der Waals surface area contributed by atoms with E-state index in [1.54, 1.807) is 41.3 Å². The minimum absolute atomic E-state index is 0.0380. The molecule has 1 fully saturated rings. The molecule has 0 saturated carbocycles. The zero-order valence-corrected chi connectivity index (χ0v) is 20.7. The summed E-state index contributed by atoms with van der Waals surface area (Å²) >= 11 is 0. The summed E-state index contributed by atoms with van der Waals surface area (Å²) in [7, 11) is 1.42. The second-order valence-electron chi connectivity index (χ2n) is 9.05. The number of benzene rings is 3. The standard InChI is InChI=1S/C29H27NO8/c1-36-24-8-7-18(13-20(24)31)19(14-26(35)30-9-11-37-12-10-30)27-21(32)15-22(33)28-23(34)16-25(38-29(27)28)17-5-3-2-4-6-17/h2-8,13,15-16,19,31-33H,9-12,14H2,1H3/t19-/m1/s1. The summed E-state index contributed by atoms with van der Waals surface area (Å²) < 4.78 is 16.7. The lowest BCUT2D eigenvalue weighted by molar-refractivity contribution is -0.135. The molecule has 1 aliphatic heterocycles. The molecule has 1 atom stereocenters. The number of phenolic OH excluding ortho intramolecular Hbond substituents is 3. The molecule has 0 radical (unpaired) electrons. The lowest BCUT2D eigenvalue weighted by atomic mass is 9.85. The number of ether oxygens (including phenoxy) is 2. The summed E-state index contributed by atoms with van der Waals surface area (Å²) in [6.07, 6.45) is -0.0987. The van der Waals surface area contributed by atoms with Crippen LogP contribution in [0, 0.1) is 0 Å². The van der Waals surface area contributed by atoms with E-state index in [2.05, 4.69) is 0 Å². The molecular formula is C29H27NO8. The van der Waals surface area contributed by atoms with Crippen molar-refractivity contribution in [3.8, 4) is 34.3 Å². The van der Waals surface area contributed by atoms with Crippen LogP contribution in [0.4, 0.5) is 0 Å². The van der Waals surface area contributed by atoms with Crippen LogP contribution >= 0.6 is 0 Å². The van der Waals surface area contributed by atoms with Gasteiger partial charge in [-0.05, 0) is 17.7 Å². The van der Waals surface area contributed by atoms with Crippen LogP contribution in [0.3, 0.4) is 0 Å². The minimum atomic E-state index is -0.834. The SMILES string of the molecule is COc1ccc([C@@H](CC(=O)N2CCOCC2)c2c(O)cc(O)c3c(=O)cc(-c4ccccc4)oc23)cc1O. The number of carbonyl (C=O) groups excluding carboxylic acids is 1. The first-order chi connectivity index (χ1) is 18.4. The number of morpholine rings is 1. The van der Waals surface area contributed by atoms with E-state index < -0.39 is 17.1 Å². The number of hydrogen-bond donors (Lipinski definition) is 3. The Morgan fingerprint density at radius 1 is 0.974 bits per heavy atom. The number of amides is 1. The molecule has 3 N–H and O–H groups in total. The molecule has 0 spiro atoms. The number of fused-ring (bicyclic) bond motifs is 1. The van der Waals surface area contributed by atoms with E-state index in [0.717, 1.165) is 6.07 Å². The molecule has 0 aliphatic carbocycles. The predicted octanol–water partition coefficient (Wildman–Crippen LogP) is 3.97. The van der Waals surface area contributed by atoms with E-state index in [1.165, 1.54) is 19.2 Å². The quantitative estimate of drug-likeness (QED) is 0.350. The molecule has 1 saturated heterocycles. The smallest absolute Gasteiger partial charge is 0.223 e. The fourth-order valence-corrected chi connectivity index (χ4v) is 4.83. The van der Waals surface area contributed by atoms with Gasteiger partial charge in [-0.2, -0.15) is 0 Å². The number of nitrogens with zero attached hydrogens (tertiary/aromatic N) is 1. The van der Waals surface area contributed by atoms with E-state index in [-0.39, 0.29) is 51.9 Å². The van der Waals surface area contributed by atoms with Crippen molar-refractivity contribution in [2.24, 2.45) is 0 Å². The van der Waals surface area contributed by atoms with Crippen LogP contribution in [0.15, 0.2) is 69.9 Å². The van der Waals surface area contributed by atoms with E-state index in [4.69, 9.17) is 13.9 Å². The van der Waals surface area contributed by atoms with Crippen molar-refractivity contribution in [1.82, 2.24) is 4.90 Å². The highest BCUT2D eigenvalue weighted by atomic mass is 16.5. The Labute approximate surface area is 218 Å². The van der Waals surface area contributed by atoms with Gasteiger partial charge in [0.2, 0.25) is 5.91 Å². The second kappa shape index (κ2) is 10.5.